The van der Waals surface area contributed by atoms with E-state index in [0.717, 1.165) is 19.5 Å². The third-order valence-electron chi connectivity index (χ3n) is 4.33. The molecule has 2 aliphatic carbocycles. The van der Waals surface area contributed by atoms with Crippen LogP contribution in [-0.2, 0) is 4.79 Å². The minimum atomic E-state index is 0.270. The molecule has 92 valence electrons. The van der Waals surface area contributed by atoms with E-state index in [4.69, 9.17) is 0 Å². The van der Waals surface area contributed by atoms with Crippen molar-refractivity contribution in [2.45, 2.75) is 44.9 Å². The van der Waals surface area contributed by atoms with Crippen LogP contribution in [-0.4, -0.2) is 26.0 Å². The quantitative estimate of drug-likeness (QED) is 0.721. The Bertz CT molecular complexity index is 244. The smallest absolute Gasteiger partial charge is 0.220 e. The second-order valence-corrected chi connectivity index (χ2v) is 5.66. The minimum absolute atomic E-state index is 0.270. The minimum Gasteiger partial charge on any atom is -0.355 e. The summed E-state index contributed by atoms with van der Waals surface area (Å²) in [5.41, 5.74) is 0.365. The fourth-order valence-electron chi connectivity index (χ4n) is 2.79. The van der Waals surface area contributed by atoms with Crippen LogP contribution in [0.4, 0.5) is 0 Å². The lowest BCUT2D eigenvalue weighted by atomic mass is 9.68. The maximum atomic E-state index is 11.7. The zero-order chi connectivity index (χ0) is 11.4. The molecule has 3 heteroatoms. The summed E-state index contributed by atoms with van der Waals surface area (Å²) in [6, 6.07) is 0. The summed E-state index contributed by atoms with van der Waals surface area (Å²) in [6.45, 7) is 1.91. The van der Waals surface area contributed by atoms with Crippen LogP contribution in [0, 0.1) is 11.3 Å². The molecule has 2 saturated carbocycles. The zero-order valence-corrected chi connectivity index (χ0v) is 10.3. The van der Waals surface area contributed by atoms with Gasteiger partial charge in [-0.15, -0.1) is 0 Å². The monoisotopic (exact) mass is 224 g/mol. The largest absolute Gasteiger partial charge is 0.355 e. The first-order chi connectivity index (χ1) is 7.74. The lowest BCUT2D eigenvalue weighted by Gasteiger charge is -2.42. The van der Waals surface area contributed by atoms with Gasteiger partial charge < -0.3 is 10.6 Å². The third-order valence-corrected chi connectivity index (χ3v) is 4.33. The van der Waals surface area contributed by atoms with Crippen molar-refractivity contribution in [2.24, 2.45) is 11.3 Å². The van der Waals surface area contributed by atoms with E-state index < -0.39 is 0 Å². The molecule has 0 saturated heterocycles. The van der Waals surface area contributed by atoms with Gasteiger partial charge in [0.2, 0.25) is 5.91 Å². The lowest BCUT2D eigenvalue weighted by molar-refractivity contribution is -0.123. The van der Waals surface area contributed by atoms with Gasteiger partial charge in [0.25, 0.3) is 0 Å². The van der Waals surface area contributed by atoms with Gasteiger partial charge in [-0.05, 0) is 38.6 Å². The number of rotatable bonds is 6. The molecule has 16 heavy (non-hydrogen) atoms. The van der Waals surface area contributed by atoms with Crippen LogP contribution in [0.15, 0.2) is 0 Å². The summed E-state index contributed by atoms with van der Waals surface area (Å²) in [5.74, 6) is 0.953. The van der Waals surface area contributed by atoms with Crippen molar-refractivity contribution in [3.8, 4) is 0 Å². The van der Waals surface area contributed by atoms with Crippen LogP contribution in [0.25, 0.3) is 0 Å². The van der Waals surface area contributed by atoms with Crippen LogP contribution in [0.1, 0.15) is 44.9 Å². The molecule has 0 aromatic rings. The Morgan fingerprint density at radius 2 is 2.00 bits per heavy atom. The molecule has 0 bridgehead atoms. The SMILES string of the molecule is CNCC1(CNC(=O)CC2CCC2)CCC1. The van der Waals surface area contributed by atoms with Crippen molar-refractivity contribution in [3.63, 3.8) is 0 Å². The Kier molecular flexibility index (Phi) is 3.85. The third kappa shape index (κ3) is 2.76. The van der Waals surface area contributed by atoms with Gasteiger partial charge in [-0.3, -0.25) is 4.79 Å². The van der Waals surface area contributed by atoms with Crippen molar-refractivity contribution in [1.29, 1.82) is 0 Å². The molecule has 3 nitrogen and oxygen atoms in total. The molecule has 1 amide bonds. The average Bonchev–Trinajstić information content (AvgIpc) is 2.16. The van der Waals surface area contributed by atoms with Gasteiger partial charge in [0.1, 0.15) is 0 Å². The summed E-state index contributed by atoms with van der Waals surface area (Å²) >= 11 is 0. The van der Waals surface area contributed by atoms with Gasteiger partial charge in [-0.1, -0.05) is 12.8 Å². The van der Waals surface area contributed by atoms with Gasteiger partial charge in [0, 0.05) is 24.9 Å². The maximum absolute atomic E-state index is 11.7. The van der Waals surface area contributed by atoms with Crippen molar-refractivity contribution in [1.82, 2.24) is 10.6 Å². The molecular formula is C13H24N2O. The van der Waals surface area contributed by atoms with Crippen LogP contribution in [0.2, 0.25) is 0 Å². The van der Waals surface area contributed by atoms with E-state index in [0.29, 0.717) is 11.3 Å². The topological polar surface area (TPSA) is 41.1 Å². The van der Waals surface area contributed by atoms with Crippen molar-refractivity contribution >= 4 is 5.91 Å². The first kappa shape index (κ1) is 11.9. The molecule has 0 unspecified atom stereocenters. The van der Waals surface area contributed by atoms with E-state index in [1.54, 1.807) is 0 Å². The number of carbonyl (C=O) groups excluding carboxylic acids is 1. The van der Waals surface area contributed by atoms with E-state index in [-0.39, 0.29) is 5.91 Å². The highest BCUT2D eigenvalue weighted by atomic mass is 16.1. The Morgan fingerprint density at radius 3 is 2.44 bits per heavy atom. The second kappa shape index (κ2) is 5.17. The molecule has 0 spiro atoms. The predicted octanol–water partition coefficient (Wildman–Crippen LogP) is 1.68. The summed E-state index contributed by atoms with van der Waals surface area (Å²) in [7, 11) is 2.00. The molecular weight excluding hydrogens is 200 g/mol. The highest BCUT2D eigenvalue weighted by Gasteiger charge is 2.36. The molecule has 2 aliphatic rings. The second-order valence-electron chi connectivity index (χ2n) is 5.66. The molecule has 2 fully saturated rings. The fraction of sp³-hybridized carbons (Fsp3) is 0.923. The van der Waals surface area contributed by atoms with Gasteiger partial charge in [0.05, 0.1) is 0 Å². The average molecular weight is 224 g/mol. The van der Waals surface area contributed by atoms with E-state index in [1.165, 1.54) is 38.5 Å². The number of amides is 1. The first-order valence-electron chi connectivity index (χ1n) is 6.65. The van der Waals surface area contributed by atoms with Crippen molar-refractivity contribution in [2.75, 3.05) is 20.1 Å². The molecule has 0 aromatic carbocycles. The number of carbonyl (C=O) groups is 1. The number of hydrogen-bond donors (Lipinski definition) is 2. The zero-order valence-electron chi connectivity index (χ0n) is 10.3. The van der Waals surface area contributed by atoms with E-state index in [9.17, 15) is 4.79 Å². The normalized spacial score (nSPS) is 23.3. The Balaban J connectivity index is 1.66. The number of hydrogen-bond acceptors (Lipinski definition) is 2. The molecule has 0 atom stereocenters. The highest BCUT2D eigenvalue weighted by Crippen LogP contribution is 2.39. The van der Waals surface area contributed by atoms with Crippen LogP contribution in [0.3, 0.4) is 0 Å². The van der Waals surface area contributed by atoms with Crippen LogP contribution >= 0.6 is 0 Å². The van der Waals surface area contributed by atoms with Gasteiger partial charge in [-0.25, -0.2) is 0 Å². The number of nitrogens with one attached hydrogen (secondary N) is 2. The predicted molar refractivity (Wildman–Crippen MR) is 65.2 cm³/mol. The molecule has 2 rings (SSSR count). The summed E-state index contributed by atoms with van der Waals surface area (Å²) in [6.07, 6.45) is 8.44. The lowest BCUT2D eigenvalue weighted by Crippen LogP contribution is -2.48. The maximum Gasteiger partial charge on any atom is 0.220 e. The molecule has 0 radical (unpaired) electrons. The van der Waals surface area contributed by atoms with E-state index >= 15 is 0 Å². The van der Waals surface area contributed by atoms with Crippen molar-refractivity contribution < 1.29 is 4.79 Å². The highest BCUT2D eigenvalue weighted by molar-refractivity contribution is 5.76. The molecule has 2 N–H and O–H groups in total. The van der Waals surface area contributed by atoms with E-state index in [2.05, 4.69) is 10.6 Å². The summed E-state index contributed by atoms with van der Waals surface area (Å²) < 4.78 is 0. The van der Waals surface area contributed by atoms with Gasteiger partial charge >= 0.3 is 0 Å². The standard InChI is InChI=1S/C13H24N2O/c1-14-9-13(6-3-7-13)10-15-12(16)8-11-4-2-5-11/h11,14H,2-10H2,1H3,(H,15,16). The van der Waals surface area contributed by atoms with E-state index in [1.807, 2.05) is 7.05 Å². The Labute approximate surface area is 98.4 Å². The van der Waals surface area contributed by atoms with Crippen molar-refractivity contribution in [3.05, 3.63) is 0 Å². The molecule has 0 heterocycles. The first-order valence-corrected chi connectivity index (χ1v) is 6.65. The van der Waals surface area contributed by atoms with Gasteiger partial charge in [-0.2, -0.15) is 0 Å². The summed E-state index contributed by atoms with van der Waals surface area (Å²) in [5, 5.41) is 6.38. The Morgan fingerprint density at radius 1 is 1.25 bits per heavy atom. The Hall–Kier alpha value is -0.570. The fourth-order valence-corrected chi connectivity index (χ4v) is 2.79. The van der Waals surface area contributed by atoms with Gasteiger partial charge in [0.15, 0.2) is 0 Å². The van der Waals surface area contributed by atoms with Crippen LogP contribution in [0.5, 0.6) is 0 Å². The molecule has 0 aliphatic heterocycles. The van der Waals surface area contributed by atoms with Crippen LogP contribution < -0.4 is 10.6 Å². The summed E-state index contributed by atoms with van der Waals surface area (Å²) in [4.78, 5) is 11.7. The molecule has 0 aromatic heterocycles.